The van der Waals surface area contributed by atoms with Gasteiger partial charge in [0, 0.05) is 29.7 Å². The smallest absolute Gasteiger partial charge is 0.338 e. The van der Waals surface area contributed by atoms with E-state index in [0.29, 0.717) is 16.8 Å². The first-order valence-electron chi connectivity index (χ1n) is 12.6. The second-order valence-electron chi connectivity index (χ2n) is 9.23. The average molecular weight is 530 g/mol. The number of esters is 2. The van der Waals surface area contributed by atoms with Gasteiger partial charge in [-0.25, -0.2) is 4.79 Å². The van der Waals surface area contributed by atoms with Crippen LogP contribution < -0.4 is 5.32 Å². The van der Waals surface area contributed by atoms with Crippen molar-refractivity contribution in [1.29, 1.82) is 0 Å². The second kappa shape index (κ2) is 13.8. The van der Waals surface area contributed by atoms with Crippen molar-refractivity contribution in [2.45, 2.75) is 40.0 Å². The van der Waals surface area contributed by atoms with E-state index >= 15 is 0 Å². The summed E-state index contributed by atoms with van der Waals surface area (Å²) in [5.74, 6) is -2.10. The highest BCUT2D eigenvalue weighted by atomic mass is 16.5. The molecule has 0 fully saturated rings. The first kappa shape index (κ1) is 29.0. The summed E-state index contributed by atoms with van der Waals surface area (Å²) in [5.41, 5.74) is 4.73. The predicted molar refractivity (Wildman–Crippen MR) is 146 cm³/mol. The fourth-order valence-electron chi connectivity index (χ4n) is 3.56. The monoisotopic (exact) mass is 529 g/mol. The van der Waals surface area contributed by atoms with Gasteiger partial charge in [0.15, 0.2) is 24.8 Å². The molecular formula is C31H31NO7. The Bertz CT molecular complexity index is 1360. The number of ether oxygens (including phenoxy) is 2. The lowest BCUT2D eigenvalue weighted by Gasteiger charge is -2.08. The summed E-state index contributed by atoms with van der Waals surface area (Å²) in [7, 11) is 0. The molecule has 0 saturated carbocycles. The van der Waals surface area contributed by atoms with E-state index in [1.54, 1.807) is 36.4 Å². The number of hydrogen-bond donors (Lipinski definition) is 1. The van der Waals surface area contributed by atoms with Gasteiger partial charge in [0.1, 0.15) is 0 Å². The Kier molecular flexibility index (Phi) is 10.3. The van der Waals surface area contributed by atoms with Crippen molar-refractivity contribution in [3.05, 3.63) is 100 Å². The summed E-state index contributed by atoms with van der Waals surface area (Å²) in [6.07, 6.45) is 0.326. The third-order valence-electron chi connectivity index (χ3n) is 6.09. The topological polar surface area (TPSA) is 116 Å². The van der Waals surface area contributed by atoms with E-state index in [2.05, 4.69) is 5.32 Å². The molecule has 0 aliphatic carbocycles. The van der Waals surface area contributed by atoms with Crippen LogP contribution in [0.5, 0.6) is 0 Å². The molecular weight excluding hydrogens is 498 g/mol. The van der Waals surface area contributed by atoms with E-state index in [1.807, 2.05) is 39.0 Å². The average Bonchev–Trinajstić information content (AvgIpc) is 2.92. The van der Waals surface area contributed by atoms with E-state index in [4.69, 9.17) is 9.47 Å². The van der Waals surface area contributed by atoms with Gasteiger partial charge in [0.25, 0.3) is 0 Å². The zero-order chi connectivity index (χ0) is 28.4. The third kappa shape index (κ3) is 9.03. The van der Waals surface area contributed by atoms with Crippen molar-refractivity contribution in [2.75, 3.05) is 18.5 Å². The molecule has 0 unspecified atom stereocenters. The van der Waals surface area contributed by atoms with Crippen LogP contribution in [0.15, 0.2) is 66.7 Å². The van der Waals surface area contributed by atoms with Crippen molar-refractivity contribution in [3.63, 3.8) is 0 Å². The highest BCUT2D eigenvalue weighted by Gasteiger charge is 2.14. The normalized spacial score (nSPS) is 10.4. The zero-order valence-corrected chi connectivity index (χ0v) is 22.2. The Morgan fingerprint density at radius 1 is 0.641 bits per heavy atom. The predicted octanol–water partition coefficient (Wildman–Crippen LogP) is 5.19. The summed E-state index contributed by atoms with van der Waals surface area (Å²) in [5, 5.41) is 2.69. The number of benzene rings is 3. The van der Waals surface area contributed by atoms with Gasteiger partial charge in [-0.3, -0.25) is 19.2 Å². The van der Waals surface area contributed by atoms with Crippen LogP contribution in [0.25, 0.3) is 0 Å². The Morgan fingerprint density at radius 3 is 1.90 bits per heavy atom. The zero-order valence-electron chi connectivity index (χ0n) is 22.2. The summed E-state index contributed by atoms with van der Waals surface area (Å²) < 4.78 is 10.1. The Balaban J connectivity index is 1.35. The molecule has 0 spiro atoms. The first-order chi connectivity index (χ1) is 18.6. The molecule has 8 nitrogen and oxygen atoms in total. The van der Waals surface area contributed by atoms with Gasteiger partial charge >= 0.3 is 11.9 Å². The number of carbonyl (C=O) groups excluding carboxylic acids is 5. The van der Waals surface area contributed by atoms with Crippen LogP contribution in [0.4, 0.5) is 5.69 Å². The molecule has 1 N–H and O–H groups in total. The number of carbonyl (C=O) groups is 5. The fourth-order valence-corrected chi connectivity index (χ4v) is 3.56. The molecule has 0 saturated heterocycles. The maximum absolute atomic E-state index is 12.3. The van der Waals surface area contributed by atoms with Crippen molar-refractivity contribution in [1.82, 2.24) is 0 Å². The van der Waals surface area contributed by atoms with Gasteiger partial charge in [-0.1, -0.05) is 42.0 Å². The Morgan fingerprint density at radius 2 is 1.23 bits per heavy atom. The summed E-state index contributed by atoms with van der Waals surface area (Å²) in [4.78, 5) is 60.8. The second-order valence-corrected chi connectivity index (χ2v) is 9.23. The number of Topliss-reactive ketones (excluding diaryl/α,β-unsaturated/α-hetero) is 2. The molecule has 0 aliphatic rings. The SMILES string of the molecule is Cc1ccc(C(=O)COC(=O)c2ccc(NC(=O)CCCC(=O)OCC(=O)c3ccc(C)c(C)c3)cc2)cc1. The van der Waals surface area contributed by atoms with Crippen LogP contribution in [0, 0.1) is 20.8 Å². The highest BCUT2D eigenvalue weighted by Crippen LogP contribution is 2.13. The molecule has 0 aromatic heterocycles. The molecule has 202 valence electrons. The van der Waals surface area contributed by atoms with E-state index in [0.717, 1.165) is 16.7 Å². The molecule has 3 aromatic carbocycles. The number of anilines is 1. The van der Waals surface area contributed by atoms with Crippen molar-refractivity contribution in [3.8, 4) is 0 Å². The Labute approximate surface area is 227 Å². The van der Waals surface area contributed by atoms with Gasteiger partial charge in [-0.15, -0.1) is 0 Å². The summed E-state index contributed by atoms with van der Waals surface area (Å²) in [6.45, 7) is 5.05. The maximum atomic E-state index is 12.3. The molecule has 0 heterocycles. The molecule has 0 bridgehead atoms. The van der Waals surface area contributed by atoms with Crippen molar-refractivity contribution in [2.24, 2.45) is 0 Å². The van der Waals surface area contributed by atoms with Crippen molar-refractivity contribution < 1.29 is 33.4 Å². The number of amides is 1. The minimum absolute atomic E-state index is 0.000285. The largest absolute Gasteiger partial charge is 0.457 e. The molecule has 0 atom stereocenters. The van der Waals surface area contributed by atoms with Crippen LogP contribution in [-0.2, 0) is 19.1 Å². The summed E-state index contributed by atoms with van der Waals surface area (Å²) in [6, 6.07) is 18.3. The lowest BCUT2D eigenvalue weighted by Crippen LogP contribution is -2.16. The molecule has 3 aromatic rings. The molecule has 0 radical (unpaired) electrons. The van der Waals surface area contributed by atoms with Crippen LogP contribution >= 0.6 is 0 Å². The third-order valence-corrected chi connectivity index (χ3v) is 6.09. The van der Waals surface area contributed by atoms with E-state index in [9.17, 15) is 24.0 Å². The van der Waals surface area contributed by atoms with E-state index < -0.39 is 11.9 Å². The van der Waals surface area contributed by atoms with Crippen LogP contribution in [0.2, 0.25) is 0 Å². The summed E-state index contributed by atoms with van der Waals surface area (Å²) >= 11 is 0. The van der Waals surface area contributed by atoms with Gasteiger partial charge in [0.2, 0.25) is 5.91 Å². The van der Waals surface area contributed by atoms with E-state index in [-0.39, 0.29) is 55.5 Å². The first-order valence-corrected chi connectivity index (χ1v) is 12.6. The molecule has 39 heavy (non-hydrogen) atoms. The van der Waals surface area contributed by atoms with Gasteiger partial charge in [-0.2, -0.15) is 0 Å². The molecule has 3 rings (SSSR count). The molecule has 8 heteroatoms. The van der Waals surface area contributed by atoms with Gasteiger partial charge < -0.3 is 14.8 Å². The standard InChI is InChI=1S/C31H31NO7/c1-20-7-10-23(11-8-20)27(33)19-39-31(37)24-13-15-26(16-14-24)32-29(35)5-4-6-30(36)38-18-28(34)25-12-9-21(2)22(3)17-25/h7-17H,4-6,18-19H2,1-3H3,(H,32,35). The van der Waals surface area contributed by atoms with Crippen LogP contribution in [-0.4, -0.2) is 42.6 Å². The van der Waals surface area contributed by atoms with Crippen molar-refractivity contribution >= 4 is 35.1 Å². The molecule has 0 aliphatic heterocycles. The minimum Gasteiger partial charge on any atom is -0.457 e. The number of aryl methyl sites for hydroxylation is 3. The number of hydrogen-bond acceptors (Lipinski definition) is 7. The molecule has 1 amide bonds. The van der Waals surface area contributed by atoms with E-state index in [1.165, 1.54) is 12.1 Å². The quantitative estimate of drug-likeness (QED) is 0.254. The minimum atomic E-state index is -0.650. The fraction of sp³-hybridized carbons (Fsp3) is 0.258. The lowest BCUT2D eigenvalue weighted by atomic mass is 10.0. The maximum Gasteiger partial charge on any atom is 0.338 e. The Hall–Kier alpha value is -4.59. The van der Waals surface area contributed by atoms with Crippen LogP contribution in [0.3, 0.4) is 0 Å². The van der Waals surface area contributed by atoms with Gasteiger partial charge in [0.05, 0.1) is 5.56 Å². The number of rotatable bonds is 12. The van der Waals surface area contributed by atoms with Gasteiger partial charge in [-0.05, 0) is 68.7 Å². The number of ketones is 2. The van der Waals surface area contributed by atoms with Crippen LogP contribution in [0.1, 0.15) is 67.0 Å². The highest BCUT2D eigenvalue weighted by molar-refractivity contribution is 6.00. The number of nitrogens with one attached hydrogen (secondary N) is 1. The lowest BCUT2D eigenvalue weighted by molar-refractivity contribution is -0.142.